The fraction of sp³-hybridized carbons (Fsp3) is 0.160. The molecule has 0 spiro atoms. The molecule has 8 heteroatoms. The van der Waals surface area contributed by atoms with Crippen molar-refractivity contribution in [3.8, 4) is 0 Å². The Morgan fingerprint density at radius 1 is 0.879 bits per heavy atom. The number of anilines is 3. The third-order valence-corrected chi connectivity index (χ3v) is 5.25. The van der Waals surface area contributed by atoms with Gasteiger partial charge in [0.1, 0.15) is 6.54 Å². The van der Waals surface area contributed by atoms with Gasteiger partial charge in [0.2, 0.25) is 11.8 Å². The molecule has 3 aromatic rings. The summed E-state index contributed by atoms with van der Waals surface area (Å²) in [4.78, 5) is 41.0. The quantitative estimate of drug-likeness (QED) is 0.541. The number of carbonyl (C=O) groups excluding carboxylic acids is 3. The minimum atomic E-state index is -0.513. The largest absolute Gasteiger partial charge is 0.329 e. The van der Waals surface area contributed by atoms with E-state index >= 15 is 0 Å². The van der Waals surface area contributed by atoms with E-state index < -0.39 is 11.9 Å². The first kappa shape index (κ1) is 23.8. The van der Waals surface area contributed by atoms with Gasteiger partial charge in [0, 0.05) is 18.4 Å². The molecule has 0 radical (unpaired) electrons. The summed E-state index contributed by atoms with van der Waals surface area (Å²) < 4.78 is 0. The van der Waals surface area contributed by atoms with Gasteiger partial charge in [-0.1, -0.05) is 54.1 Å². The molecule has 0 unspecified atom stereocenters. The monoisotopic (exact) mass is 464 g/mol. The smallest absolute Gasteiger partial charge is 0.319 e. The number of likely N-dealkylation sites (N-methyl/N-ethyl adjacent to an activating group) is 1. The van der Waals surface area contributed by atoms with Crippen LogP contribution in [0.3, 0.4) is 0 Å². The number of halogens is 1. The number of hydrogen-bond donors (Lipinski definition) is 2. The number of carbonyl (C=O) groups is 3. The molecule has 7 nitrogen and oxygen atoms in total. The summed E-state index contributed by atoms with van der Waals surface area (Å²) in [5.41, 5.74) is 2.71. The molecule has 0 bridgehead atoms. The molecule has 4 amide bonds. The summed E-state index contributed by atoms with van der Waals surface area (Å²) in [5, 5.41) is 5.68. The second-order valence-electron chi connectivity index (χ2n) is 7.40. The summed E-state index contributed by atoms with van der Waals surface area (Å²) in [6, 6.07) is 22.6. The molecule has 170 valence electrons. The molecule has 33 heavy (non-hydrogen) atoms. The summed E-state index contributed by atoms with van der Waals surface area (Å²) in [5.74, 6) is -0.758. The number of benzene rings is 3. The van der Waals surface area contributed by atoms with Gasteiger partial charge in [-0.3, -0.25) is 9.59 Å². The minimum Gasteiger partial charge on any atom is -0.329 e. The van der Waals surface area contributed by atoms with E-state index in [4.69, 9.17) is 11.6 Å². The van der Waals surface area contributed by atoms with Crippen LogP contribution >= 0.6 is 11.6 Å². The Hall–Kier alpha value is -3.84. The van der Waals surface area contributed by atoms with E-state index in [0.29, 0.717) is 22.1 Å². The van der Waals surface area contributed by atoms with Crippen molar-refractivity contribution in [2.24, 2.45) is 0 Å². The van der Waals surface area contributed by atoms with Crippen LogP contribution < -0.4 is 20.4 Å². The molecule has 0 fully saturated rings. The van der Waals surface area contributed by atoms with Gasteiger partial charge in [0.25, 0.3) is 0 Å². The van der Waals surface area contributed by atoms with Crippen LogP contribution in [0, 0.1) is 6.92 Å². The Morgan fingerprint density at radius 3 is 2.27 bits per heavy atom. The van der Waals surface area contributed by atoms with Gasteiger partial charge in [0.15, 0.2) is 0 Å². The van der Waals surface area contributed by atoms with E-state index in [1.807, 2.05) is 31.2 Å². The van der Waals surface area contributed by atoms with Gasteiger partial charge >= 0.3 is 6.03 Å². The van der Waals surface area contributed by atoms with Crippen molar-refractivity contribution in [1.29, 1.82) is 0 Å². The Balaban J connectivity index is 1.68. The maximum absolute atomic E-state index is 13.0. The third-order valence-electron chi connectivity index (χ3n) is 4.93. The number of rotatable bonds is 7. The van der Waals surface area contributed by atoms with Gasteiger partial charge < -0.3 is 20.4 Å². The van der Waals surface area contributed by atoms with Crippen LogP contribution in [0.1, 0.15) is 5.56 Å². The zero-order valence-electron chi connectivity index (χ0n) is 18.4. The van der Waals surface area contributed by atoms with E-state index in [-0.39, 0.29) is 19.0 Å². The zero-order chi connectivity index (χ0) is 23.8. The number of para-hydroxylation sites is 2. The Bertz CT molecular complexity index is 1140. The van der Waals surface area contributed by atoms with Crippen molar-refractivity contribution in [2.75, 3.05) is 35.3 Å². The highest BCUT2D eigenvalue weighted by molar-refractivity contribution is 6.33. The Kier molecular flexibility index (Phi) is 8.05. The lowest BCUT2D eigenvalue weighted by Crippen LogP contribution is -2.46. The van der Waals surface area contributed by atoms with Crippen LogP contribution in [0.5, 0.6) is 0 Å². The van der Waals surface area contributed by atoms with Crippen LogP contribution in [0.2, 0.25) is 5.02 Å². The normalized spacial score (nSPS) is 10.3. The van der Waals surface area contributed by atoms with Gasteiger partial charge in [-0.15, -0.1) is 0 Å². The molecule has 0 aliphatic heterocycles. The predicted octanol–water partition coefficient (Wildman–Crippen LogP) is 4.47. The molecular weight excluding hydrogens is 440 g/mol. The summed E-state index contributed by atoms with van der Waals surface area (Å²) in [7, 11) is 1.60. The van der Waals surface area contributed by atoms with Crippen molar-refractivity contribution >= 4 is 46.5 Å². The molecule has 0 aliphatic carbocycles. The lowest BCUT2D eigenvalue weighted by Gasteiger charge is -2.26. The predicted molar refractivity (Wildman–Crippen MR) is 132 cm³/mol. The highest BCUT2D eigenvalue weighted by Crippen LogP contribution is 2.24. The van der Waals surface area contributed by atoms with E-state index in [0.717, 1.165) is 5.56 Å². The van der Waals surface area contributed by atoms with Crippen molar-refractivity contribution < 1.29 is 14.4 Å². The zero-order valence-corrected chi connectivity index (χ0v) is 19.2. The molecule has 0 atom stereocenters. The minimum absolute atomic E-state index is 0.217. The van der Waals surface area contributed by atoms with E-state index in [2.05, 4.69) is 10.6 Å². The van der Waals surface area contributed by atoms with Gasteiger partial charge in [-0.25, -0.2) is 4.79 Å². The molecule has 0 saturated heterocycles. The fourth-order valence-corrected chi connectivity index (χ4v) is 3.44. The number of nitrogens with zero attached hydrogens (tertiary/aromatic N) is 2. The van der Waals surface area contributed by atoms with E-state index in [1.54, 1.807) is 61.6 Å². The number of hydrogen-bond acceptors (Lipinski definition) is 3. The first-order valence-electron chi connectivity index (χ1n) is 10.3. The maximum Gasteiger partial charge on any atom is 0.319 e. The lowest BCUT2D eigenvalue weighted by molar-refractivity contribution is -0.121. The van der Waals surface area contributed by atoms with Gasteiger partial charge in [-0.05, 0) is 48.9 Å². The van der Waals surface area contributed by atoms with Crippen molar-refractivity contribution in [3.05, 3.63) is 89.4 Å². The molecule has 3 aromatic carbocycles. The Labute approximate surface area is 198 Å². The number of urea groups is 1. The van der Waals surface area contributed by atoms with Gasteiger partial charge in [0.05, 0.1) is 17.3 Å². The summed E-state index contributed by atoms with van der Waals surface area (Å²) in [6.07, 6.45) is 0. The average Bonchev–Trinajstić information content (AvgIpc) is 2.81. The highest BCUT2D eigenvalue weighted by Gasteiger charge is 2.23. The SMILES string of the molecule is Cc1cccc(NC(=O)NCC(=O)N(CC(=O)N(C)c2ccccc2Cl)c2ccccc2)c1. The fourth-order valence-electron chi connectivity index (χ4n) is 3.18. The molecule has 0 heterocycles. The number of amides is 4. The first-order chi connectivity index (χ1) is 15.8. The van der Waals surface area contributed by atoms with Crippen molar-refractivity contribution in [1.82, 2.24) is 5.32 Å². The lowest BCUT2D eigenvalue weighted by atomic mass is 10.2. The molecular formula is C25H25ClN4O3. The topological polar surface area (TPSA) is 81.8 Å². The van der Waals surface area contributed by atoms with Gasteiger partial charge in [-0.2, -0.15) is 0 Å². The summed E-state index contributed by atoms with van der Waals surface area (Å²) in [6.45, 7) is 1.42. The Morgan fingerprint density at radius 2 is 1.58 bits per heavy atom. The average molecular weight is 465 g/mol. The first-order valence-corrected chi connectivity index (χ1v) is 10.7. The molecule has 0 saturated carbocycles. The number of aryl methyl sites for hydroxylation is 1. The van der Waals surface area contributed by atoms with E-state index in [9.17, 15) is 14.4 Å². The highest BCUT2D eigenvalue weighted by atomic mass is 35.5. The van der Waals surface area contributed by atoms with Crippen molar-refractivity contribution in [3.63, 3.8) is 0 Å². The van der Waals surface area contributed by atoms with Crippen LogP contribution in [0.25, 0.3) is 0 Å². The molecule has 3 rings (SSSR count). The van der Waals surface area contributed by atoms with E-state index in [1.165, 1.54) is 9.80 Å². The van der Waals surface area contributed by atoms with Crippen LogP contribution in [-0.2, 0) is 9.59 Å². The summed E-state index contributed by atoms with van der Waals surface area (Å²) >= 11 is 6.21. The third kappa shape index (κ3) is 6.57. The molecule has 0 aromatic heterocycles. The van der Waals surface area contributed by atoms with Crippen LogP contribution in [0.15, 0.2) is 78.9 Å². The molecule has 2 N–H and O–H groups in total. The number of nitrogens with one attached hydrogen (secondary N) is 2. The molecule has 0 aliphatic rings. The van der Waals surface area contributed by atoms with Crippen molar-refractivity contribution in [2.45, 2.75) is 6.92 Å². The van der Waals surface area contributed by atoms with Crippen LogP contribution in [0.4, 0.5) is 21.9 Å². The van der Waals surface area contributed by atoms with Crippen LogP contribution in [-0.4, -0.2) is 38.0 Å². The standard InChI is InChI=1S/C25H25ClN4O3/c1-18-9-8-10-19(15-18)28-25(33)27-16-23(31)30(20-11-4-3-5-12-20)17-24(32)29(2)22-14-7-6-13-21(22)26/h3-15H,16-17H2,1-2H3,(H2,27,28,33). The second kappa shape index (κ2) is 11.2. The second-order valence-corrected chi connectivity index (χ2v) is 7.80. The maximum atomic E-state index is 13.0.